The average molecular weight is 389 g/mol. The Morgan fingerprint density at radius 2 is 2.16 bits per heavy atom. The van der Waals surface area contributed by atoms with Gasteiger partial charge in [-0.25, -0.2) is 13.1 Å². The highest BCUT2D eigenvalue weighted by atomic mass is 35.5. The first kappa shape index (κ1) is 20.2. The van der Waals surface area contributed by atoms with Crippen LogP contribution in [0.4, 0.5) is 0 Å². The number of rotatable bonds is 7. The van der Waals surface area contributed by atoms with Crippen LogP contribution in [0.15, 0.2) is 23.1 Å². The molecule has 1 atom stereocenters. The van der Waals surface area contributed by atoms with E-state index in [9.17, 15) is 13.2 Å². The zero-order chi connectivity index (χ0) is 18.6. The van der Waals surface area contributed by atoms with Crippen LogP contribution in [0.2, 0.25) is 5.02 Å². The smallest absolute Gasteiger partial charge is 0.253 e. The van der Waals surface area contributed by atoms with Crippen molar-refractivity contribution in [2.75, 3.05) is 26.7 Å². The van der Waals surface area contributed by atoms with Crippen LogP contribution in [0.5, 0.6) is 0 Å². The number of benzene rings is 1. The van der Waals surface area contributed by atoms with Crippen LogP contribution in [-0.2, 0) is 14.8 Å². The summed E-state index contributed by atoms with van der Waals surface area (Å²) in [5.74, 6) is 0.0819. The predicted octanol–water partition coefficient (Wildman–Crippen LogP) is 2.53. The Morgan fingerprint density at radius 1 is 1.44 bits per heavy atom. The molecule has 1 aromatic rings. The fourth-order valence-electron chi connectivity index (χ4n) is 2.78. The molecule has 0 bridgehead atoms. The second-order valence-corrected chi connectivity index (χ2v) is 8.85. The zero-order valence-electron chi connectivity index (χ0n) is 14.8. The highest BCUT2D eigenvalue weighted by molar-refractivity contribution is 7.89. The van der Waals surface area contributed by atoms with E-state index in [0.717, 1.165) is 12.8 Å². The molecule has 1 fully saturated rings. The number of hydrogen-bond acceptors (Lipinski definition) is 4. The minimum Gasteiger partial charge on any atom is -0.377 e. The quantitative estimate of drug-likeness (QED) is 0.778. The fraction of sp³-hybridized carbons (Fsp3) is 0.588. The summed E-state index contributed by atoms with van der Waals surface area (Å²) in [7, 11) is -2.12. The van der Waals surface area contributed by atoms with Gasteiger partial charge in [0.2, 0.25) is 10.0 Å². The molecule has 0 radical (unpaired) electrons. The Bertz CT molecular complexity index is 715. The Hall–Kier alpha value is -1.15. The largest absolute Gasteiger partial charge is 0.377 e. The Balaban J connectivity index is 2.18. The van der Waals surface area contributed by atoms with Crippen LogP contribution >= 0.6 is 11.6 Å². The Kier molecular flexibility index (Phi) is 6.85. The summed E-state index contributed by atoms with van der Waals surface area (Å²) < 4.78 is 33.1. The van der Waals surface area contributed by atoms with Gasteiger partial charge in [-0.05, 0) is 37.0 Å². The SMILES string of the molecule is CC(C)CN(C)C(=O)c1ccc(Cl)c(S(=O)(=O)NCC2CCCO2)c1. The number of hydrogen-bond donors (Lipinski definition) is 1. The number of amides is 1. The number of carbonyl (C=O) groups is 1. The lowest BCUT2D eigenvalue weighted by Crippen LogP contribution is -2.33. The molecule has 0 aromatic heterocycles. The van der Waals surface area contributed by atoms with Gasteiger partial charge in [-0.3, -0.25) is 4.79 Å². The normalized spacial score (nSPS) is 17.9. The molecule has 25 heavy (non-hydrogen) atoms. The van der Waals surface area contributed by atoms with E-state index in [0.29, 0.717) is 24.6 Å². The van der Waals surface area contributed by atoms with Crippen LogP contribution in [0.1, 0.15) is 37.0 Å². The second-order valence-electron chi connectivity index (χ2n) is 6.71. The van der Waals surface area contributed by atoms with Gasteiger partial charge in [0.1, 0.15) is 4.90 Å². The predicted molar refractivity (Wildman–Crippen MR) is 97.4 cm³/mol. The first-order valence-electron chi connectivity index (χ1n) is 8.37. The molecular weight excluding hydrogens is 364 g/mol. The topological polar surface area (TPSA) is 75.7 Å². The third-order valence-corrected chi connectivity index (χ3v) is 5.88. The first-order valence-corrected chi connectivity index (χ1v) is 10.2. The third kappa shape index (κ3) is 5.41. The van der Waals surface area contributed by atoms with Gasteiger partial charge in [-0.15, -0.1) is 0 Å². The molecule has 140 valence electrons. The molecule has 1 saturated heterocycles. The maximum Gasteiger partial charge on any atom is 0.253 e. The summed E-state index contributed by atoms with van der Waals surface area (Å²) in [5, 5.41) is 0.0860. The third-order valence-electron chi connectivity index (χ3n) is 3.98. The van der Waals surface area contributed by atoms with E-state index >= 15 is 0 Å². The molecule has 1 unspecified atom stereocenters. The molecule has 0 spiro atoms. The van der Waals surface area contributed by atoms with E-state index in [2.05, 4.69) is 4.72 Å². The number of nitrogens with one attached hydrogen (secondary N) is 1. The molecule has 1 aromatic carbocycles. The molecule has 1 aliphatic heterocycles. The van der Waals surface area contributed by atoms with E-state index in [4.69, 9.17) is 16.3 Å². The fourth-order valence-corrected chi connectivity index (χ4v) is 4.37. The number of ether oxygens (including phenoxy) is 1. The van der Waals surface area contributed by atoms with Crippen molar-refractivity contribution in [3.05, 3.63) is 28.8 Å². The van der Waals surface area contributed by atoms with Crippen molar-refractivity contribution in [3.63, 3.8) is 0 Å². The summed E-state index contributed by atoms with van der Waals surface area (Å²) >= 11 is 6.07. The van der Waals surface area contributed by atoms with Gasteiger partial charge in [0.25, 0.3) is 5.91 Å². The molecule has 0 aliphatic carbocycles. The molecule has 8 heteroatoms. The van der Waals surface area contributed by atoms with Crippen molar-refractivity contribution >= 4 is 27.5 Å². The summed E-state index contributed by atoms with van der Waals surface area (Å²) in [6, 6.07) is 4.32. The van der Waals surface area contributed by atoms with E-state index in [-0.39, 0.29) is 28.5 Å². The van der Waals surface area contributed by atoms with Crippen LogP contribution in [0, 0.1) is 5.92 Å². The summed E-state index contributed by atoms with van der Waals surface area (Å²) in [4.78, 5) is 14.0. The minimum absolute atomic E-state index is 0.0860. The van der Waals surface area contributed by atoms with Gasteiger partial charge < -0.3 is 9.64 Å². The molecule has 1 heterocycles. The van der Waals surface area contributed by atoms with Crippen molar-refractivity contribution in [1.82, 2.24) is 9.62 Å². The summed E-state index contributed by atoms with van der Waals surface area (Å²) in [6.07, 6.45) is 1.64. The Morgan fingerprint density at radius 3 is 2.76 bits per heavy atom. The van der Waals surface area contributed by atoms with Crippen LogP contribution in [0.3, 0.4) is 0 Å². The maximum absolute atomic E-state index is 12.6. The van der Waals surface area contributed by atoms with Crippen LogP contribution in [0.25, 0.3) is 0 Å². The van der Waals surface area contributed by atoms with Gasteiger partial charge >= 0.3 is 0 Å². The monoisotopic (exact) mass is 388 g/mol. The van der Waals surface area contributed by atoms with Gasteiger partial charge in [0, 0.05) is 32.3 Å². The zero-order valence-corrected chi connectivity index (χ0v) is 16.4. The molecule has 0 saturated carbocycles. The van der Waals surface area contributed by atoms with Gasteiger partial charge in [0.05, 0.1) is 11.1 Å². The van der Waals surface area contributed by atoms with Gasteiger partial charge in [-0.2, -0.15) is 0 Å². The molecule has 6 nitrogen and oxygen atoms in total. The molecule has 1 N–H and O–H groups in total. The summed E-state index contributed by atoms with van der Waals surface area (Å²) in [6.45, 7) is 5.46. The second kappa shape index (κ2) is 8.49. The maximum atomic E-state index is 12.6. The van der Waals surface area contributed by atoms with Crippen LogP contribution < -0.4 is 4.72 Å². The van der Waals surface area contributed by atoms with Crippen molar-refractivity contribution in [1.29, 1.82) is 0 Å². The van der Waals surface area contributed by atoms with E-state index in [1.54, 1.807) is 18.0 Å². The van der Waals surface area contributed by atoms with Crippen molar-refractivity contribution < 1.29 is 17.9 Å². The summed E-state index contributed by atoms with van der Waals surface area (Å²) in [5.41, 5.74) is 0.296. The number of nitrogens with zero attached hydrogens (tertiary/aromatic N) is 1. The standard InChI is InChI=1S/C17H25ClN2O4S/c1-12(2)11-20(3)17(21)13-6-7-15(18)16(9-13)25(22,23)19-10-14-5-4-8-24-14/h6-7,9,12,14,19H,4-5,8,10-11H2,1-3H3. The number of sulfonamides is 1. The van der Waals surface area contributed by atoms with Gasteiger partial charge in [-0.1, -0.05) is 25.4 Å². The van der Waals surface area contributed by atoms with Gasteiger partial charge in [0.15, 0.2) is 0 Å². The molecular formula is C17H25ClN2O4S. The molecule has 2 rings (SSSR count). The average Bonchev–Trinajstić information content (AvgIpc) is 3.05. The van der Waals surface area contributed by atoms with E-state index < -0.39 is 10.0 Å². The first-order chi connectivity index (χ1) is 11.7. The lowest BCUT2D eigenvalue weighted by molar-refractivity contribution is 0.0779. The van der Waals surface area contributed by atoms with Crippen molar-refractivity contribution in [3.8, 4) is 0 Å². The van der Waals surface area contributed by atoms with Crippen molar-refractivity contribution in [2.24, 2.45) is 5.92 Å². The van der Waals surface area contributed by atoms with Crippen LogP contribution in [-0.4, -0.2) is 52.1 Å². The highest BCUT2D eigenvalue weighted by Gasteiger charge is 2.24. The van der Waals surface area contributed by atoms with E-state index in [1.165, 1.54) is 12.1 Å². The number of carbonyl (C=O) groups excluding carboxylic acids is 1. The molecule has 1 aliphatic rings. The molecule has 1 amide bonds. The minimum atomic E-state index is -3.82. The Labute approximate surface area is 154 Å². The van der Waals surface area contributed by atoms with Crippen molar-refractivity contribution in [2.45, 2.75) is 37.7 Å². The lowest BCUT2D eigenvalue weighted by Gasteiger charge is -2.20. The lowest BCUT2D eigenvalue weighted by atomic mass is 10.1. The highest BCUT2D eigenvalue weighted by Crippen LogP contribution is 2.24. The number of halogens is 1. The van der Waals surface area contributed by atoms with E-state index in [1.807, 2.05) is 13.8 Å².